The molecular weight excluding hydrogens is 370 g/mol. The van der Waals surface area contributed by atoms with E-state index in [1.807, 2.05) is 0 Å². The largest absolute Gasteiger partial charge is 0.573 e. The van der Waals surface area contributed by atoms with E-state index < -0.39 is 42.7 Å². The molecule has 0 saturated carbocycles. The van der Waals surface area contributed by atoms with Crippen LogP contribution in [-0.4, -0.2) is 48.4 Å². The maximum Gasteiger partial charge on any atom is 0.573 e. The number of nitrogens with zero attached hydrogens (tertiary/aromatic N) is 1. The van der Waals surface area contributed by atoms with Gasteiger partial charge in [0.25, 0.3) is 5.91 Å². The van der Waals surface area contributed by atoms with Crippen LogP contribution in [-0.2, 0) is 4.79 Å². The first-order valence-corrected chi connectivity index (χ1v) is 7.47. The van der Waals surface area contributed by atoms with Gasteiger partial charge in [0.05, 0.1) is 0 Å². The molecule has 144 valence electrons. The molecule has 1 atom stereocenters. The molecule has 1 fully saturated rings. The van der Waals surface area contributed by atoms with E-state index in [0.29, 0.717) is 6.42 Å². The fourth-order valence-electron chi connectivity index (χ4n) is 2.55. The lowest BCUT2D eigenvalue weighted by Gasteiger charge is -2.24. The van der Waals surface area contributed by atoms with Gasteiger partial charge in [-0.25, -0.2) is 0 Å². The third-order valence-electron chi connectivity index (χ3n) is 3.61. The molecule has 2 rings (SSSR count). The highest BCUT2D eigenvalue weighted by molar-refractivity contribution is 5.98. The lowest BCUT2D eigenvalue weighted by Crippen LogP contribution is -2.48. The fraction of sp³-hybridized carbons (Fsp3) is 0.467. The predicted molar refractivity (Wildman–Crippen MR) is 76.2 cm³/mol. The van der Waals surface area contributed by atoms with Crippen molar-refractivity contribution < 1.29 is 40.7 Å². The minimum Gasteiger partial charge on any atom is -0.406 e. The molecule has 2 amide bonds. The zero-order chi connectivity index (χ0) is 19.5. The van der Waals surface area contributed by atoms with Crippen LogP contribution in [0.1, 0.15) is 23.2 Å². The molecule has 0 radical (unpaired) electrons. The van der Waals surface area contributed by atoms with Gasteiger partial charge in [-0.15, -0.1) is 13.2 Å². The quantitative estimate of drug-likeness (QED) is 0.813. The Labute approximate surface area is 143 Å². The maximum atomic E-state index is 12.4. The van der Waals surface area contributed by atoms with Crippen LogP contribution in [0.4, 0.5) is 26.3 Å². The fourth-order valence-corrected chi connectivity index (χ4v) is 2.55. The van der Waals surface area contributed by atoms with Gasteiger partial charge < -0.3 is 15.0 Å². The van der Waals surface area contributed by atoms with Crippen LogP contribution >= 0.6 is 0 Å². The standard InChI is InChI=1S/C15H14F6N2O3/c16-14(17,18)8-22-12(24)11-2-1-7-23(11)13(25)9-3-5-10(6-4-9)26-15(19,20)21/h3-6,11H,1-2,7-8H2,(H,22,24)/t11-/m0/s1. The Morgan fingerprint density at radius 1 is 1.12 bits per heavy atom. The minimum absolute atomic E-state index is 0.00459. The zero-order valence-electron chi connectivity index (χ0n) is 13.2. The molecule has 1 N–H and O–H groups in total. The highest BCUT2D eigenvalue weighted by Gasteiger charge is 2.37. The van der Waals surface area contributed by atoms with Crippen molar-refractivity contribution in [3.05, 3.63) is 29.8 Å². The molecule has 0 bridgehead atoms. The van der Waals surface area contributed by atoms with Crippen molar-refractivity contribution in [2.45, 2.75) is 31.4 Å². The summed E-state index contributed by atoms with van der Waals surface area (Å²) in [7, 11) is 0. The molecule has 0 aromatic heterocycles. The van der Waals surface area contributed by atoms with Crippen LogP contribution in [0.15, 0.2) is 24.3 Å². The molecule has 0 unspecified atom stereocenters. The van der Waals surface area contributed by atoms with E-state index in [1.165, 1.54) is 0 Å². The van der Waals surface area contributed by atoms with Gasteiger partial charge in [0.15, 0.2) is 0 Å². The van der Waals surface area contributed by atoms with Crippen molar-refractivity contribution in [3.63, 3.8) is 0 Å². The summed E-state index contributed by atoms with van der Waals surface area (Å²) in [5.74, 6) is -2.10. The number of likely N-dealkylation sites (tertiary alicyclic amines) is 1. The van der Waals surface area contributed by atoms with Crippen molar-refractivity contribution >= 4 is 11.8 Å². The average Bonchev–Trinajstić information content (AvgIpc) is 3.00. The summed E-state index contributed by atoms with van der Waals surface area (Å²) >= 11 is 0. The Bertz CT molecular complexity index is 657. The molecule has 1 saturated heterocycles. The number of hydrogen-bond donors (Lipinski definition) is 1. The van der Waals surface area contributed by atoms with E-state index >= 15 is 0 Å². The van der Waals surface area contributed by atoms with Gasteiger partial charge in [0, 0.05) is 12.1 Å². The number of hydrogen-bond acceptors (Lipinski definition) is 3. The normalized spacial score (nSPS) is 17.9. The molecule has 0 aliphatic carbocycles. The molecule has 5 nitrogen and oxygen atoms in total. The SMILES string of the molecule is O=C(NCC(F)(F)F)[C@@H]1CCCN1C(=O)c1ccc(OC(F)(F)F)cc1. The summed E-state index contributed by atoms with van der Waals surface area (Å²) in [6.45, 7) is -1.35. The van der Waals surface area contributed by atoms with Crippen LogP contribution in [0.2, 0.25) is 0 Å². The molecule has 26 heavy (non-hydrogen) atoms. The first-order chi connectivity index (χ1) is 12.0. The number of carbonyl (C=O) groups excluding carboxylic acids is 2. The predicted octanol–water partition coefficient (Wildman–Crippen LogP) is 2.87. The van der Waals surface area contributed by atoms with Gasteiger partial charge in [0.2, 0.25) is 5.91 Å². The topological polar surface area (TPSA) is 58.6 Å². The van der Waals surface area contributed by atoms with E-state index in [0.717, 1.165) is 29.2 Å². The smallest absolute Gasteiger partial charge is 0.406 e. The molecular formula is C15H14F6N2O3. The Morgan fingerprint density at radius 2 is 1.73 bits per heavy atom. The number of ether oxygens (including phenoxy) is 1. The molecule has 1 aliphatic rings. The van der Waals surface area contributed by atoms with Gasteiger partial charge in [0.1, 0.15) is 18.3 Å². The minimum atomic E-state index is -4.87. The zero-order valence-corrected chi connectivity index (χ0v) is 13.2. The second-order valence-corrected chi connectivity index (χ2v) is 5.56. The molecule has 1 aromatic carbocycles. The molecule has 0 spiro atoms. The number of amides is 2. The summed E-state index contributed by atoms with van der Waals surface area (Å²) < 4.78 is 76.6. The van der Waals surface area contributed by atoms with Gasteiger partial charge >= 0.3 is 12.5 Å². The van der Waals surface area contributed by atoms with Crippen LogP contribution < -0.4 is 10.1 Å². The molecule has 1 aromatic rings. The van der Waals surface area contributed by atoms with Crippen LogP contribution in [0.3, 0.4) is 0 Å². The second-order valence-electron chi connectivity index (χ2n) is 5.56. The number of halogens is 6. The Hall–Kier alpha value is -2.46. The van der Waals surface area contributed by atoms with Gasteiger partial charge in [-0.1, -0.05) is 0 Å². The summed E-state index contributed by atoms with van der Waals surface area (Å²) in [5, 5.41) is 1.73. The van der Waals surface area contributed by atoms with Crippen molar-refractivity contribution in [1.82, 2.24) is 10.2 Å². The average molecular weight is 384 g/mol. The second kappa shape index (κ2) is 7.42. The van der Waals surface area contributed by atoms with E-state index in [2.05, 4.69) is 4.74 Å². The molecule has 11 heteroatoms. The third kappa shape index (κ3) is 5.53. The number of alkyl halides is 6. The lowest BCUT2D eigenvalue weighted by atomic mass is 10.1. The summed E-state index contributed by atoms with van der Waals surface area (Å²) in [4.78, 5) is 25.4. The van der Waals surface area contributed by atoms with Crippen molar-refractivity contribution in [3.8, 4) is 5.75 Å². The Kier molecular flexibility index (Phi) is 5.67. The first-order valence-electron chi connectivity index (χ1n) is 7.47. The number of benzene rings is 1. The third-order valence-corrected chi connectivity index (χ3v) is 3.61. The lowest BCUT2D eigenvalue weighted by molar-refractivity contribution is -0.274. The molecule has 1 aliphatic heterocycles. The Balaban J connectivity index is 2.04. The van der Waals surface area contributed by atoms with E-state index in [9.17, 15) is 35.9 Å². The van der Waals surface area contributed by atoms with Gasteiger partial charge in [-0.2, -0.15) is 13.2 Å². The number of nitrogens with one attached hydrogen (secondary N) is 1. The van der Waals surface area contributed by atoms with Crippen molar-refractivity contribution in [2.24, 2.45) is 0 Å². The van der Waals surface area contributed by atoms with Gasteiger partial charge in [-0.3, -0.25) is 9.59 Å². The maximum absolute atomic E-state index is 12.4. The van der Waals surface area contributed by atoms with Crippen LogP contribution in [0.25, 0.3) is 0 Å². The van der Waals surface area contributed by atoms with Crippen LogP contribution in [0, 0.1) is 0 Å². The summed E-state index contributed by atoms with van der Waals surface area (Å²) in [6.07, 6.45) is -8.82. The van der Waals surface area contributed by atoms with E-state index in [1.54, 1.807) is 5.32 Å². The monoisotopic (exact) mass is 384 g/mol. The number of carbonyl (C=O) groups is 2. The number of rotatable bonds is 4. The first kappa shape index (κ1) is 19.9. The summed E-state index contributed by atoms with van der Waals surface area (Å²) in [6, 6.07) is 3.00. The van der Waals surface area contributed by atoms with E-state index in [-0.39, 0.29) is 18.5 Å². The van der Waals surface area contributed by atoms with Crippen molar-refractivity contribution in [1.29, 1.82) is 0 Å². The van der Waals surface area contributed by atoms with Gasteiger partial charge in [-0.05, 0) is 37.1 Å². The highest BCUT2D eigenvalue weighted by atomic mass is 19.4. The van der Waals surface area contributed by atoms with E-state index in [4.69, 9.17) is 0 Å². The molecule has 1 heterocycles. The van der Waals surface area contributed by atoms with Crippen LogP contribution in [0.5, 0.6) is 5.75 Å². The Morgan fingerprint density at radius 3 is 2.27 bits per heavy atom. The highest BCUT2D eigenvalue weighted by Crippen LogP contribution is 2.25. The summed E-state index contributed by atoms with van der Waals surface area (Å²) in [5.41, 5.74) is -0.00459. The van der Waals surface area contributed by atoms with Crippen molar-refractivity contribution in [2.75, 3.05) is 13.1 Å².